The molecule has 1 saturated heterocycles. The maximum Gasteiger partial charge on any atom is 0.0194 e. The molecule has 0 saturated carbocycles. The SMILES string of the molecule is CCNCCC(C)N(C)C1CCSC1. The molecular weight excluding hydrogens is 192 g/mol. The molecular formula is C11H24N2S. The molecule has 1 aliphatic rings. The summed E-state index contributed by atoms with van der Waals surface area (Å²) in [6, 6.07) is 1.55. The van der Waals surface area contributed by atoms with Crippen molar-refractivity contribution in [2.45, 2.75) is 38.8 Å². The minimum absolute atomic E-state index is 0.720. The van der Waals surface area contributed by atoms with Crippen LogP contribution in [-0.2, 0) is 0 Å². The number of nitrogens with zero attached hydrogens (tertiary/aromatic N) is 1. The smallest absolute Gasteiger partial charge is 0.0194 e. The van der Waals surface area contributed by atoms with Crippen molar-refractivity contribution in [2.24, 2.45) is 0 Å². The zero-order valence-electron chi connectivity index (χ0n) is 9.75. The molecule has 0 aromatic heterocycles. The monoisotopic (exact) mass is 216 g/mol. The minimum Gasteiger partial charge on any atom is -0.317 e. The lowest BCUT2D eigenvalue weighted by atomic mass is 10.1. The number of thioether (sulfide) groups is 1. The van der Waals surface area contributed by atoms with Gasteiger partial charge in [0.15, 0.2) is 0 Å². The van der Waals surface area contributed by atoms with E-state index in [2.05, 4.69) is 42.9 Å². The lowest BCUT2D eigenvalue weighted by Gasteiger charge is -2.30. The molecule has 1 aliphatic heterocycles. The first kappa shape index (κ1) is 12.3. The van der Waals surface area contributed by atoms with E-state index in [-0.39, 0.29) is 0 Å². The van der Waals surface area contributed by atoms with Gasteiger partial charge in [-0.25, -0.2) is 0 Å². The largest absolute Gasteiger partial charge is 0.317 e. The molecule has 0 spiro atoms. The summed E-state index contributed by atoms with van der Waals surface area (Å²) in [4.78, 5) is 2.57. The van der Waals surface area contributed by atoms with Crippen LogP contribution in [0.1, 0.15) is 26.7 Å². The van der Waals surface area contributed by atoms with E-state index in [0.29, 0.717) is 0 Å². The minimum atomic E-state index is 0.720. The quantitative estimate of drug-likeness (QED) is 0.682. The first-order valence-corrected chi connectivity index (χ1v) is 6.91. The highest BCUT2D eigenvalue weighted by Crippen LogP contribution is 2.23. The number of hydrogen-bond acceptors (Lipinski definition) is 3. The second kappa shape index (κ2) is 6.70. The number of hydrogen-bond donors (Lipinski definition) is 1. The standard InChI is InChI=1S/C11H24N2S/c1-4-12-7-5-10(2)13(3)11-6-8-14-9-11/h10-12H,4-9H2,1-3H3. The van der Waals surface area contributed by atoms with Gasteiger partial charge in [-0.15, -0.1) is 0 Å². The molecule has 0 aliphatic carbocycles. The highest BCUT2D eigenvalue weighted by Gasteiger charge is 2.22. The summed E-state index contributed by atoms with van der Waals surface area (Å²) in [5, 5.41) is 3.39. The molecule has 0 radical (unpaired) electrons. The first-order chi connectivity index (χ1) is 6.75. The van der Waals surface area contributed by atoms with Crippen LogP contribution in [0.2, 0.25) is 0 Å². The molecule has 2 nitrogen and oxygen atoms in total. The van der Waals surface area contributed by atoms with Gasteiger partial charge in [0.25, 0.3) is 0 Å². The van der Waals surface area contributed by atoms with Crippen LogP contribution in [0.3, 0.4) is 0 Å². The van der Waals surface area contributed by atoms with E-state index in [0.717, 1.165) is 25.2 Å². The summed E-state index contributed by atoms with van der Waals surface area (Å²) < 4.78 is 0. The van der Waals surface area contributed by atoms with E-state index in [1.165, 1.54) is 24.3 Å². The summed E-state index contributed by atoms with van der Waals surface area (Å²) in [6.45, 7) is 6.76. The summed E-state index contributed by atoms with van der Waals surface area (Å²) in [7, 11) is 2.28. The Labute approximate surface area is 92.8 Å². The Bertz CT molecular complexity index is 146. The van der Waals surface area contributed by atoms with Crippen molar-refractivity contribution >= 4 is 11.8 Å². The molecule has 1 rings (SSSR count). The van der Waals surface area contributed by atoms with Crippen LogP contribution >= 0.6 is 11.8 Å². The normalized spacial score (nSPS) is 24.4. The van der Waals surface area contributed by atoms with E-state index >= 15 is 0 Å². The highest BCUT2D eigenvalue weighted by molar-refractivity contribution is 7.99. The maximum absolute atomic E-state index is 3.39. The average molecular weight is 216 g/mol. The van der Waals surface area contributed by atoms with E-state index < -0.39 is 0 Å². The fourth-order valence-electron chi connectivity index (χ4n) is 1.89. The molecule has 0 aromatic carbocycles. The average Bonchev–Trinajstić information content (AvgIpc) is 2.69. The molecule has 0 amide bonds. The van der Waals surface area contributed by atoms with Gasteiger partial charge >= 0.3 is 0 Å². The van der Waals surface area contributed by atoms with Crippen LogP contribution in [0.25, 0.3) is 0 Å². The van der Waals surface area contributed by atoms with Crippen molar-refractivity contribution in [2.75, 3.05) is 31.6 Å². The third kappa shape index (κ3) is 3.79. The van der Waals surface area contributed by atoms with Crippen molar-refractivity contribution in [3.05, 3.63) is 0 Å². The van der Waals surface area contributed by atoms with Gasteiger partial charge in [0, 0.05) is 17.8 Å². The second-order valence-electron chi connectivity index (χ2n) is 4.17. The Morgan fingerprint density at radius 2 is 2.36 bits per heavy atom. The molecule has 14 heavy (non-hydrogen) atoms. The summed E-state index contributed by atoms with van der Waals surface area (Å²) in [6.07, 6.45) is 2.65. The Balaban J connectivity index is 2.17. The van der Waals surface area contributed by atoms with Gasteiger partial charge in [-0.3, -0.25) is 4.90 Å². The Hall–Kier alpha value is 0.270. The van der Waals surface area contributed by atoms with Crippen LogP contribution in [0, 0.1) is 0 Å². The highest BCUT2D eigenvalue weighted by atomic mass is 32.2. The molecule has 84 valence electrons. The van der Waals surface area contributed by atoms with Crippen LogP contribution in [0.15, 0.2) is 0 Å². The molecule has 0 bridgehead atoms. The lowest BCUT2D eigenvalue weighted by molar-refractivity contribution is 0.190. The van der Waals surface area contributed by atoms with E-state index in [9.17, 15) is 0 Å². The van der Waals surface area contributed by atoms with E-state index in [1.807, 2.05) is 0 Å². The van der Waals surface area contributed by atoms with Gasteiger partial charge in [-0.05, 0) is 45.7 Å². The number of nitrogens with one attached hydrogen (secondary N) is 1. The molecule has 2 atom stereocenters. The lowest BCUT2D eigenvalue weighted by Crippen LogP contribution is -2.40. The van der Waals surface area contributed by atoms with E-state index in [1.54, 1.807) is 0 Å². The van der Waals surface area contributed by atoms with Crippen molar-refractivity contribution < 1.29 is 0 Å². The third-order valence-electron chi connectivity index (χ3n) is 3.17. The Morgan fingerprint density at radius 3 is 2.93 bits per heavy atom. The van der Waals surface area contributed by atoms with Gasteiger partial charge in [-0.1, -0.05) is 6.92 Å². The van der Waals surface area contributed by atoms with Crippen LogP contribution in [0.4, 0.5) is 0 Å². The van der Waals surface area contributed by atoms with Crippen LogP contribution < -0.4 is 5.32 Å². The maximum atomic E-state index is 3.39. The summed E-state index contributed by atoms with van der Waals surface area (Å²) >= 11 is 2.10. The second-order valence-corrected chi connectivity index (χ2v) is 5.32. The van der Waals surface area contributed by atoms with Gasteiger partial charge in [0.05, 0.1) is 0 Å². The predicted octanol–water partition coefficient (Wildman–Crippen LogP) is 1.81. The van der Waals surface area contributed by atoms with Crippen LogP contribution in [0.5, 0.6) is 0 Å². The summed E-state index contributed by atoms with van der Waals surface area (Å²) in [5.74, 6) is 2.69. The van der Waals surface area contributed by atoms with Gasteiger partial charge in [-0.2, -0.15) is 11.8 Å². The summed E-state index contributed by atoms with van der Waals surface area (Å²) in [5.41, 5.74) is 0. The van der Waals surface area contributed by atoms with Gasteiger partial charge < -0.3 is 5.32 Å². The fraction of sp³-hybridized carbons (Fsp3) is 1.00. The molecule has 1 heterocycles. The van der Waals surface area contributed by atoms with E-state index in [4.69, 9.17) is 0 Å². The van der Waals surface area contributed by atoms with Gasteiger partial charge in [0.1, 0.15) is 0 Å². The Morgan fingerprint density at radius 1 is 1.57 bits per heavy atom. The molecule has 3 heteroatoms. The molecule has 1 fully saturated rings. The predicted molar refractivity (Wildman–Crippen MR) is 66.1 cm³/mol. The number of rotatable bonds is 6. The molecule has 0 aromatic rings. The van der Waals surface area contributed by atoms with Crippen molar-refractivity contribution in [1.82, 2.24) is 10.2 Å². The fourth-order valence-corrected chi connectivity index (χ4v) is 3.17. The Kier molecular flexibility index (Phi) is 5.90. The zero-order chi connectivity index (χ0) is 10.4. The zero-order valence-corrected chi connectivity index (χ0v) is 10.6. The molecule has 1 N–H and O–H groups in total. The van der Waals surface area contributed by atoms with Crippen molar-refractivity contribution in [1.29, 1.82) is 0 Å². The van der Waals surface area contributed by atoms with Crippen molar-refractivity contribution in [3.63, 3.8) is 0 Å². The third-order valence-corrected chi connectivity index (χ3v) is 4.31. The van der Waals surface area contributed by atoms with Crippen LogP contribution in [-0.4, -0.2) is 48.6 Å². The topological polar surface area (TPSA) is 15.3 Å². The first-order valence-electron chi connectivity index (χ1n) is 5.76. The van der Waals surface area contributed by atoms with Gasteiger partial charge in [0.2, 0.25) is 0 Å². The van der Waals surface area contributed by atoms with Crippen molar-refractivity contribution in [3.8, 4) is 0 Å². The molecule has 2 unspecified atom stereocenters.